The lowest BCUT2D eigenvalue weighted by Gasteiger charge is -2.41. The highest BCUT2D eigenvalue weighted by atomic mass is 32.2. The summed E-state index contributed by atoms with van der Waals surface area (Å²) in [4.78, 5) is 12.5. The van der Waals surface area contributed by atoms with Crippen molar-refractivity contribution < 1.29 is 24.1 Å². The van der Waals surface area contributed by atoms with E-state index in [4.69, 9.17) is 14.2 Å². The number of ether oxygens (including phenoxy) is 3. The second-order valence-corrected chi connectivity index (χ2v) is 11.6. The molecule has 4 aromatic carbocycles. The minimum absolute atomic E-state index is 0.00404. The standard InChI is InChI=1S/C35H37NO5S/c1-23-32(22-42-33-13-5-4-12-31(33)39-3)40-35(41-34(23)27-16-14-25(21-37)15-17-27)30-11-7-10-29(19-30)28-9-6-8-26(18-28)20-36-24(2)38/h4-19,23,32,34-35,37H,20-22H2,1-3H3,(H,36,38)/t23-,32+,34+,35+/m0/s1. The zero-order valence-electron chi connectivity index (χ0n) is 24.2. The summed E-state index contributed by atoms with van der Waals surface area (Å²) in [6.45, 7) is 4.18. The maximum Gasteiger partial charge on any atom is 0.217 e. The van der Waals surface area contributed by atoms with Crippen LogP contribution in [0.4, 0.5) is 0 Å². The summed E-state index contributed by atoms with van der Waals surface area (Å²) < 4.78 is 18.9. The molecule has 6 nitrogen and oxygen atoms in total. The molecule has 5 rings (SSSR count). The molecule has 4 aromatic rings. The molecule has 1 fully saturated rings. The fraction of sp³-hybridized carbons (Fsp3) is 0.286. The largest absolute Gasteiger partial charge is 0.496 e. The van der Waals surface area contributed by atoms with Gasteiger partial charge in [0.1, 0.15) is 5.75 Å². The molecule has 0 spiro atoms. The first-order valence-corrected chi connectivity index (χ1v) is 15.1. The molecule has 1 amide bonds. The third-order valence-corrected chi connectivity index (χ3v) is 8.70. The molecule has 42 heavy (non-hydrogen) atoms. The van der Waals surface area contributed by atoms with Crippen LogP contribution in [0.15, 0.2) is 102 Å². The topological polar surface area (TPSA) is 77.0 Å². The number of rotatable bonds is 10. The summed E-state index contributed by atoms with van der Waals surface area (Å²) in [6.07, 6.45) is -0.843. The maximum atomic E-state index is 11.4. The van der Waals surface area contributed by atoms with Crippen molar-refractivity contribution in [3.05, 3.63) is 119 Å². The predicted molar refractivity (Wildman–Crippen MR) is 166 cm³/mol. The molecular weight excluding hydrogens is 546 g/mol. The van der Waals surface area contributed by atoms with E-state index in [0.29, 0.717) is 6.54 Å². The van der Waals surface area contributed by atoms with Crippen LogP contribution < -0.4 is 10.1 Å². The van der Waals surface area contributed by atoms with Gasteiger partial charge in [-0.15, -0.1) is 11.8 Å². The number of methoxy groups -OCH3 is 1. The van der Waals surface area contributed by atoms with Gasteiger partial charge < -0.3 is 24.6 Å². The predicted octanol–water partition coefficient (Wildman–Crippen LogP) is 7.07. The van der Waals surface area contributed by atoms with Gasteiger partial charge in [-0.1, -0.05) is 79.7 Å². The van der Waals surface area contributed by atoms with Crippen LogP contribution in [0.1, 0.15) is 48.5 Å². The molecule has 0 bridgehead atoms. The first-order valence-electron chi connectivity index (χ1n) is 14.2. The normalized spacial score (nSPS) is 20.2. The lowest BCUT2D eigenvalue weighted by atomic mass is 9.91. The minimum Gasteiger partial charge on any atom is -0.496 e. The van der Waals surface area contributed by atoms with Crippen molar-refractivity contribution in [3.8, 4) is 16.9 Å². The molecule has 0 aromatic heterocycles. The maximum absolute atomic E-state index is 11.4. The number of hydrogen-bond acceptors (Lipinski definition) is 6. The average molecular weight is 584 g/mol. The van der Waals surface area contributed by atoms with Crippen LogP contribution in [0.5, 0.6) is 5.75 Å². The SMILES string of the molecule is COc1ccccc1SC[C@H]1O[C@@H](c2cccc(-c3cccc(CNC(C)=O)c3)c2)O[C@@H](c2ccc(CO)cc2)[C@H]1C. The Hall–Kier alpha value is -3.62. The Morgan fingerprint density at radius 1 is 0.881 bits per heavy atom. The molecule has 0 unspecified atom stereocenters. The van der Waals surface area contributed by atoms with Gasteiger partial charge >= 0.3 is 0 Å². The van der Waals surface area contributed by atoms with Crippen LogP contribution in [0.2, 0.25) is 0 Å². The van der Waals surface area contributed by atoms with E-state index < -0.39 is 6.29 Å². The van der Waals surface area contributed by atoms with Gasteiger partial charge in [0.15, 0.2) is 6.29 Å². The van der Waals surface area contributed by atoms with Crippen LogP contribution in [0.25, 0.3) is 11.1 Å². The molecule has 0 radical (unpaired) electrons. The fourth-order valence-electron chi connectivity index (χ4n) is 5.17. The van der Waals surface area contributed by atoms with Crippen molar-refractivity contribution >= 4 is 17.7 Å². The highest BCUT2D eigenvalue weighted by molar-refractivity contribution is 7.99. The van der Waals surface area contributed by atoms with Gasteiger partial charge in [0.25, 0.3) is 0 Å². The number of thioether (sulfide) groups is 1. The molecule has 1 aliphatic rings. The van der Waals surface area contributed by atoms with E-state index in [2.05, 4.69) is 42.6 Å². The van der Waals surface area contributed by atoms with Crippen LogP contribution in [0.3, 0.4) is 0 Å². The third-order valence-electron chi connectivity index (χ3n) is 7.56. The first-order chi connectivity index (χ1) is 20.4. The Kier molecular flexibility index (Phi) is 9.97. The van der Waals surface area contributed by atoms with Gasteiger partial charge in [-0.25, -0.2) is 0 Å². The summed E-state index contributed by atoms with van der Waals surface area (Å²) in [5.41, 5.74) is 6.01. The molecule has 0 aliphatic carbocycles. The van der Waals surface area contributed by atoms with E-state index in [1.165, 1.54) is 6.92 Å². The number of aliphatic hydroxyl groups is 1. The van der Waals surface area contributed by atoms with Crippen LogP contribution in [-0.4, -0.2) is 30.0 Å². The monoisotopic (exact) mass is 583 g/mol. The quantitative estimate of drug-likeness (QED) is 0.195. The van der Waals surface area contributed by atoms with E-state index in [1.807, 2.05) is 66.7 Å². The van der Waals surface area contributed by atoms with Gasteiger partial charge in [0.2, 0.25) is 5.91 Å². The average Bonchev–Trinajstić information content (AvgIpc) is 3.03. The zero-order chi connectivity index (χ0) is 29.5. The van der Waals surface area contributed by atoms with Crippen LogP contribution in [-0.2, 0) is 27.4 Å². The minimum atomic E-state index is -0.561. The van der Waals surface area contributed by atoms with Crippen molar-refractivity contribution in [1.82, 2.24) is 5.32 Å². The number of carbonyl (C=O) groups is 1. The Balaban J connectivity index is 1.42. The number of nitrogens with one attached hydrogen (secondary N) is 1. The Morgan fingerprint density at radius 3 is 2.36 bits per heavy atom. The molecular formula is C35H37NO5S. The number of hydrogen-bond donors (Lipinski definition) is 2. The zero-order valence-corrected chi connectivity index (χ0v) is 25.0. The lowest BCUT2D eigenvalue weighted by molar-refractivity contribution is -0.268. The third kappa shape index (κ3) is 7.23. The van der Waals surface area contributed by atoms with Gasteiger partial charge in [0.05, 0.1) is 25.9 Å². The van der Waals surface area contributed by atoms with Crippen molar-refractivity contribution in [2.24, 2.45) is 5.92 Å². The number of benzene rings is 4. The summed E-state index contributed by atoms with van der Waals surface area (Å²) in [6, 6.07) is 32.4. The molecule has 2 N–H and O–H groups in total. The Bertz CT molecular complexity index is 1490. The Morgan fingerprint density at radius 2 is 1.62 bits per heavy atom. The van der Waals surface area contributed by atoms with Crippen molar-refractivity contribution in [1.29, 1.82) is 0 Å². The van der Waals surface area contributed by atoms with Crippen molar-refractivity contribution in [3.63, 3.8) is 0 Å². The molecule has 1 saturated heterocycles. The molecule has 218 valence electrons. The lowest BCUT2D eigenvalue weighted by Crippen LogP contribution is -2.38. The van der Waals surface area contributed by atoms with Gasteiger partial charge in [-0.05, 0) is 52.1 Å². The molecule has 1 aliphatic heterocycles. The van der Waals surface area contributed by atoms with E-state index in [-0.39, 0.29) is 30.6 Å². The molecule has 1 heterocycles. The van der Waals surface area contributed by atoms with Crippen LogP contribution >= 0.6 is 11.8 Å². The smallest absolute Gasteiger partial charge is 0.217 e. The van der Waals surface area contributed by atoms with Crippen molar-refractivity contribution in [2.75, 3.05) is 12.9 Å². The van der Waals surface area contributed by atoms with Crippen LogP contribution in [0, 0.1) is 5.92 Å². The highest BCUT2D eigenvalue weighted by Crippen LogP contribution is 2.44. The summed E-state index contributed by atoms with van der Waals surface area (Å²) in [5, 5.41) is 12.4. The number of carbonyl (C=O) groups excluding carboxylic acids is 1. The van der Waals surface area contributed by atoms with Crippen molar-refractivity contribution in [2.45, 2.75) is 50.4 Å². The highest BCUT2D eigenvalue weighted by Gasteiger charge is 2.38. The first kappa shape index (κ1) is 29.9. The summed E-state index contributed by atoms with van der Waals surface area (Å²) >= 11 is 1.72. The number of amides is 1. The second-order valence-electron chi connectivity index (χ2n) is 10.5. The molecule has 4 atom stereocenters. The second kappa shape index (κ2) is 14.0. The number of aliphatic hydroxyl groups excluding tert-OH is 1. The van der Waals surface area contributed by atoms with E-state index in [1.54, 1.807) is 18.9 Å². The summed E-state index contributed by atoms with van der Waals surface area (Å²) in [7, 11) is 1.69. The Labute approximate surface area is 252 Å². The fourth-order valence-corrected chi connectivity index (χ4v) is 6.37. The van der Waals surface area contributed by atoms with Gasteiger partial charge in [-0.3, -0.25) is 4.79 Å². The number of para-hydroxylation sites is 1. The van der Waals surface area contributed by atoms with E-state index in [9.17, 15) is 9.90 Å². The van der Waals surface area contributed by atoms with E-state index >= 15 is 0 Å². The molecule has 7 heteroatoms. The van der Waals surface area contributed by atoms with E-state index in [0.717, 1.165) is 49.8 Å². The molecule has 0 saturated carbocycles. The van der Waals surface area contributed by atoms with Gasteiger partial charge in [0, 0.05) is 35.6 Å². The van der Waals surface area contributed by atoms with Gasteiger partial charge in [-0.2, -0.15) is 0 Å². The summed E-state index contributed by atoms with van der Waals surface area (Å²) in [5.74, 6) is 1.61.